The summed E-state index contributed by atoms with van der Waals surface area (Å²) in [6.07, 6.45) is 0. The molecule has 3 aromatic rings. The number of ether oxygens (including phenoxy) is 1. The van der Waals surface area contributed by atoms with Crippen molar-refractivity contribution in [1.82, 2.24) is 0 Å². The zero-order valence-electron chi connectivity index (χ0n) is 16.4. The van der Waals surface area contributed by atoms with E-state index in [1.165, 1.54) is 4.90 Å². The molecule has 0 saturated carbocycles. The summed E-state index contributed by atoms with van der Waals surface area (Å²) >= 11 is 6.76. The Labute approximate surface area is 196 Å². The average Bonchev–Trinajstić information content (AvgIpc) is 3.05. The molecule has 1 aliphatic heterocycles. The standard InChI is InChI=1S/C24H17Br2NO4/c1-31-19-12-4-14(5-13-19)21-20(22(28)15-2-6-16(25)7-3-15)23(29)24(30)27(21)18-10-8-17(26)9-11-18/h2-13,21,28H,1H3/t21-/m0/s1. The van der Waals surface area contributed by atoms with E-state index in [4.69, 9.17) is 4.74 Å². The Morgan fingerprint density at radius 2 is 1.42 bits per heavy atom. The number of hydrogen-bond donors (Lipinski definition) is 1. The van der Waals surface area contributed by atoms with E-state index in [-0.39, 0.29) is 11.3 Å². The van der Waals surface area contributed by atoms with E-state index in [9.17, 15) is 14.7 Å². The fourth-order valence-electron chi connectivity index (χ4n) is 3.57. The lowest BCUT2D eigenvalue weighted by Crippen LogP contribution is -2.29. The molecule has 1 aliphatic rings. The first-order valence-corrected chi connectivity index (χ1v) is 11.0. The highest BCUT2D eigenvalue weighted by atomic mass is 79.9. The number of nitrogens with zero attached hydrogens (tertiary/aromatic N) is 1. The molecule has 31 heavy (non-hydrogen) atoms. The normalized spacial score (nSPS) is 17.8. The molecule has 0 unspecified atom stereocenters. The van der Waals surface area contributed by atoms with Gasteiger partial charge in [0.05, 0.1) is 18.7 Å². The van der Waals surface area contributed by atoms with Gasteiger partial charge in [-0.15, -0.1) is 0 Å². The van der Waals surface area contributed by atoms with Gasteiger partial charge >= 0.3 is 0 Å². The second-order valence-electron chi connectivity index (χ2n) is 6.93. The highest BCUT2D eigenvalue weighted by Gasteiger charge is 2.46. The molecule has 0 radical (unpaired) electrons. The number of hydrogen-bond acceptors (Lipinski definition) is 4. The quantitative estimate of drug-likeness (QED) is 0.255. The lowest BCUT2D eigenvalue weighted by atomic mass is 9.95. The van der Waals surface area contributed by atoms with Crippen molar-refractivity contribution in [1.29, 1.82) is 0 Å². The Kier molecular flexibility index (Phi) is 5.98. The van der Waals surface area contributed by atoms with Crippen molar-refractivity contribution in [3.63, 3.8) is 0 Å². The largest absolute Gasteiger partial charge is 0.507 e. The average molecular weight is 543 g/mol. The monoisotopic (exact) mass is 541 g/mol. The lowest BCUT2D eigenvalue weighted by Gasteiger charge is -2.25. The fraction of sp³-hybridized carbons (Fsp3) is 0.0833. The third kappa shape index (κ3) is 4.03. The molecule has 1 heterocycles. The molecule has 0 aliphatic carbocycles. The van der Waals surface area contributed by atoms with E-state index in [1.807, 2.05) is 0 Å². The molecule has 3 aromatic carbocycles. The number of carbonyl (C=O) groups is 2. The summed E-state index contributed by atoms with van der Waals surface area (Å²) in [7, 11) is 1.57. The van der Waals surface area contributed by atoms with Crippen molar-refractivity contribution >= 4 is 55.0 Å². The molecule has 1 fully saturated rings. The second kappa shape index (κ2) is 8.69. The summed E-state index contributed by atoms with van der Waals surface area (Å²) in [5.74, 6) is -0.991. The van der Waals surface area contributed by atoms with Crippen LogP contribution in [0.5, 0.6) is 5.75 Å². The maximum Gasteiger partial charge on any atom is 0.300 e. The molecule has 0 spiro atoms. The van der Waals surface area contributed by atoms with E-state index in [0.29, 0.717) is 22.6 Å². The summed E-state index contributed by atoms with van der Waals surface area (Å²) in [5, 5.41) is 11.1. The van der Waals surface area contributed by atoms with Gasteiger partial charge in [0.25, 0.3) is 11.7 Å². The number of methoxy groups -OCH3 is 1. The van der Waals surface area contributed by atoms with Crippen LogP contribution in [0.25, 0.3) is 5.76 Å². The van der Waals surface area contributed by atoms with Crippen LogP contribution in [0.3, 0.4) is 0 Å². The Hall–Kier alpha value is -2.90. The number of benzene rings is 3. The van der Waals surface area contributed by atoms with Gasteiger partial charge in [-0.3, -0.25) is 14.5 Å². The van der Waals surface area contributed by atoms with Crippen LogP contribution in [-0.2, 0) is 9.59 Å². The minimum Gasteiger partial charge on any atom is -0.507 e. The van der Waals surface area contributed by atoms with Crippen LogP contribution in [-0.4, -0.2) is 23.9 Å². The molecule has 7 heteroatoms. The van der Waals surface area contributed by atoms with Crippen LogP contribution in [0, 0.1) is 0 Å². The van der Waals surface area contributed by atoms with Crippen LogP contribution in [0.2, 0.25) is 0 Å². The van der Waals surface area contributed by atoms with Crippen molar-refractivity contribution in [3.05, 3.63) is 98.4 Å². The molecule has 5 nitrogen and oxygen atoms in total. The molecule has 1 amide bonds. The molecule has 1 atom stereocenters. The number of carbonyl (C=O) groups excluding carboxylic acids is 2. The molecule has 4 rings (SSSR count). The van der Waals surface area contributed by atoms with Crippen molar-refractivity contribution in [2.45, 2.75) is 6.04 Å². The van der Waals surface area contributed by atoms with Crippen molar-refractivity contribution in [2.24, 2.45) is 0 Å². The minimum atomic E-state index is -0.782. The van der Waals surface area contributed by atoms with Crippen LogP contribution >= 0.6 is 31.9 Å². The van der Waals surface area contributed by atoms with E-state index in [2.05, 4.69) is 31.9 Å². The van der Waals surface area contributed by atoms with Crippen LogP contribution in [0.1, 0.15) is 17.2 Å². The lowest BCUT2D eigenvalue weighted by molar-refractivity contribution is -0.132. The van der Waals surface area contributed by atoms with Gasteiger partial charge in [0.2, 0.25) is 0 Å². The van der Waals surface area contributed by atoms with Crippen LogP contribution < -0.4 is 9.64 Å². The first kappa shape index (κ1) is 21.3. The number of aliphatic hydroxyl groups excluding tert-OH is 1. The smallest absolute Gasteiger partial charge is 0.300 e. The SMILES string of the molecule is COc1ccc([C@H]2C(=C(O)c3ccc(Br)cc3)C(=O)C(=O)N2c2ccc(Br)cc2)cc1. The highest BCUT2D eigenvalue weighted by Crippen LogP contribution is 2.42. The molecule has 156 valence electrons. The summed E-state index contributed by atoms with van der Waals surface area (Å²) in [6, 6.07) is 20.3. The zero-order chi connectivity index (χ0) is 22.1. The van der Waals surface area contributed by atoms with Crippen molar-refractivity contribution < 1.29 is 19.4 Å². The van der Waals surface area contributed by atoms with Gasteiger partial charge in [-0.05, 0) is 54.1 Å². The molecular weight excluding hydrogens is 526 g/mol. The number of rotatable bonds is 4. The van der Waals surface area contributed by atoms with Gasteiger partial charge in [-0.25, -0.2) is 0 Å². The first-order valence-electron chi connectivity index (χ1n) is 9.37. The molecule has 0 bridgehead atoms. The van der Waals surface area contributed by atoms with Gasteiger partial charge in [-0.1, -0.05) is 56.1 Å². The minimum absolute atomic E-state index is 0.0420. The Morgan fingerprint density at radius 1 is 0.871 bits per heavy atom. The topological polar surface area (TPSA) is 66.8 Å². The van der Waals surface area contributed by atoms with Gasteiger partial charge in [0, 0.05) is 20.2 Å². The molecule has 0 aromatic heterocycles. The summed E-state index contributed by atoms with van der Waals surface area (Å²) < 4.78 is 6.92. The maximum absolute atomic E-state index is 13.1. The number of ketones is 1. The maximum atomic E-state index is 13.1. The second-order valence-corrected chi connectivity index (χ2v) is 8.76. The summed E-state index contributed by atoms with van der Waals surface area (Å²) in [5.41, 5.74) is 1.73. The number of aliphatic hydroxyl groups is 1. The predicted octanol–water partition coefficient (Wildman–Crippen LogP) is 5.85. The van der Waals surface area contributed by atoms with E-state index >= 15 is 0 Å². The third-order valence-electron chi connectivity index (χ3n) is 5.10. The van der Waals surface area contributed by atoms with E-state index in [1.54, 1.807) is 79.9 Å². The molecule has 1 saturated heterocycles. The first-order chi connectivity index (χ1) is 14.9. The fourth-order valence-corrected chi connectivity index (χ4v) is 4.09. The highest BCUT2D eigenvalue weighted by molar-refractivity contribution is 9.10. The summed E-state index contributed by atoms with van der Waals surface area (Å²) in [4.78, 5) is 27.6. The van der Waals surface area contributed by atoms with Gasteiger partial charge in [-0.2, -0.15) is 0 Å². The Bertz CT molecular complexity index is 1170. The molecule has 1 N–H and O–H groups in total. The number of amides is 1. The number of halogens is 2. The predicted molar refractivity (Wildman–Crippen MR) is 126 cm³/mol. The van der Waals surface area contributed by atoms with Crippen LogP contribution in [0.4, 0.5) is 5.69 Å². The van der Waals surface area contributed by atoms with Gasteiger partial charge < -0.3 is 9.84 Å². The Balaban J connectivity index is 1.92. The number of anilines is 1. The van der Waals surface area contributed by atoms with Gasteiger partial charge in [0.15, 0.2) is 0 Å². The number of Topliss-reactive ketones (excluding diaryl/α,β-unsaturated/α-hetero) is 1. The van der Waals surface area contributed by atoms with E-state index < -0.39 is 17.7 Å². The van der Waals surface area contributed by atoms with Crippen LogP contribution in [0.15, 0.2) is 87.3 Å². The molecular formula is C24H17Br2NO4. The van der Waals surface area contributed by atoms with Crippen molar-refractivity contribution in [2.75, 3.05) is 12.0 Å². The zero-order valence-corrected chi connectivity index (χ0v) is 19.6. The van der Waals surface area contributed by atoms with Crippen molar-refractivity contribution in [3.8, 4) is 5.75 Å². The van der Waals surface area contributed by atoms with Gasteiger partial charge in [0.1, 0.15) is 11.5 Å². The Morgan fingerprint density at radius 3 is 1.97 bits per heavy atom. The van der Waals surface area contributed by atoms with E-state index in [0.717, 1.165) is 8.95 Å². The summed E-state index contributed by atoms with van der Waals surface area (Å²) in [6.45, 7) is 0. The third-order valence-corrected chi connectivity index (χ3v) is 6.16.